The zero-order valence-electron chi connectivity index (χ0n) is 10.1. The van der Waals surface area contributed by atoms with E-state index in [1.54, 1.807) is 12.2 Å². The summed E-state index contributed by atoms with van der Waals surface area (Å²) in [6.07, 6.45) is 5.33. The fourth-order valence-corrected chi connectivity index (χ4v) is 1.66. The first-order chi connectivity index (χ1) is 8.64. The molecule has 18 heavy (non-hydrogen) atoms. The first-order valence-corrected chi connectivity index (χ1v) is 5.68. The Hall–Kier alpha value is -2.25. The van der Waals surface area contributed by atoms with E-state index in [2.05, 4.69) is 16.3 Å². The molecular weight excluding hydrogens is 224 g/mol. The van der Waals surface area contributed by atoms with Crippen molar-refractivity contribution in [2.45, 2.75) is 18.5 Å². The smallest absolute Gasteiger partial charge is 0.144 e. The van der Waals surface area contributed by atoms with E-state index in [-0.39, 0.29) is 6.04 Å². The molecule has 2 unspecified atom stereocenters. The zero-order valence-corrected chi connectivity index (χ0v) is 10.1. The average molecular weight is 238 g/mol. The number of hydrogen-bond acceptors (Lipinski definition) is 4. The second-order valence-electron chi connectivity index (χ2n) is 4.23. The number of nitrogens with two attached hydrogens (primary N) is 1. The fourth-order valence-electron chi connectivity index (χ4n) is 1.66. The van der Waals surface area contributed by atoms with Crippen molar-refractivity contribution in [1.29, 1.82) is 5.26 Å². The van der Waals surface area contributed by atoms with Gasteiger partial charge in [-0.1, -0.05) is 30.4 Å². The van der Waals surface area contributed by atoms with E-state index in [9.17, 15) is 0 Å². The van der Waals surface area contributed by atoms with Crippen molar-refractivity contribution in [1.82, 2.24) is 0 Å². The molecule has 2 rings (SSSR count). The van der Waals surface area contributed by atoms with E-state index < -0.39 is 5.54 Å². The third kappa shape index (κ3) is 2.53. The van der Waals surface area contributed by atoms with Gasteiger partial charge in [-0.15, -0.1) is 0 Å². The minimum atomic E-state index is -1.00. The van der Waals surface area contributed by atoms with Gasteiger partial charge in [-0.05, 0) is 30.7 Å². The molecule has 1 aliphatic rings. The molecule has 2 N–H and O–H groups in total. The van der Waals surface area contributed by atoms with E-state index >= 15 is 0 Å². The van der Waals surface area contributed by atoms with Crippen LogP contribution in [-0.2, 0) is 0 Å². The summed E-state index contributed by atoms with van der Waals surface area (Å²) >= 11 is 0. The summed E-state index contributed by atoms with van der Waals surface area (Å²) in [5.41, 5.74) is 6.48. The van der Waals surface area contributed by atoms with E-state index in [1.807, 2.05) is 43.3 Å². The number of benzene rings is 1. The van der Waals surface area contributed by atoms with Gasteiger partial charge in [-0.25, -0.2) is 0 Å². The van der Waals surface area contributed by atoms with E-state index in [4.69, 9.17) is 11.0 Å². The molecule has 4 heteroatoms. The lowest BCUT2D eigenvalue weighted by Crippen LogP contribution is -2.39. The van der Waals surface area contributed by atoms with Crippen LogP contribution in [0.4, 0.5) is 5.69 Å². The molecule has 0 aromatic heterocycles. The molecule has 0 radical (unpaired) electrons. The van der Waals surface area contributed by atoms with E-state index in [0.29, 0.717) is 0 Å². The van der Waals surface area contributed by atoms with Gasteiger partial charge in [0, 0.05) is 0 Å². The highest BCUT2D eigenvalue weighted by Crippen LogP contribution is 2.22. The monoisotopic (exact) mass is 238 g/mol. The van der Waals surface area contributed by atoms with Crippen molar-refractivity contribution in [2.75, 3.05) is 0 Å². The second kappa shape index (κ2) is 4.94. The molecule has 90 valence electrons. The molecule has 4 nitrogen and oxygen atoms in total. The first-order valence-electron chi connectivity index (χ1n) is 5.68. The van der Waals surface area contributed by atoms with Crippen LogP contribution in [0.2, 0.25) is 0 Å². The molecule has 0 spiro atoms. The zero-order chi connectivity index (χ0) is 13.0. The predicted octanol–water partition coefficient (Wildman–Crippen LogP) is 2.88. The highest BCUT2D eigenvalue weighted by atomic mass is 15.1. The molecule has 1 aliphatic carbocycles. The average Bonchev–Trinajstić information content (AvgIpc) is 2.41. The molecule has 0 aliphatic heterocycles. The molecule has 0 bridgehead atoms. The van der Waals surface area contributed by atoms with Crippen LogP contribution in [0.5, 0.6) is 0 Å². The Morgan fingerprint density at radius 1 is 1.33 bits per heavy atom. The highest BCUT2D eigenvalue weighted by molar-refractivity contribution is 5.42. The minimum Gasteiger partial charge on any atom is -0.307 e. The summed E-state index contributed by atoms with van der Waals surface area (Å²) in [4.78, 5) is 0. The Kier molecular flexibility index (Phi) is 3.35. The molecular formula is C14H14N4. The van der Waals surface area contributed by atoms with Crippen molar-refractivity contribution < 1.29 is 0 Å². The summed E-state index contributed by atoms with van der Waals surface area (Å²) in [5, 5.41) is 17.3. The lowest BCUT2D eigenvalue weighted by atomic mass is 9.87. The molecule has 0 heterocycles. The number of rotatable bonds is 2. The molecule has 2 atom stereocenters. The Labute approximate surface area is 106 Å². The van der Waals surface area contributed by atoms with Crippen LogP contribution in [0, 0.1) is 11.3 Å². The van der Waals surface area contributed by atoms with Crippen molar-refractivity contribution in [2.24, 2.45) is 16.0 Å². The summed E-state index contributed by atoms with van der Waals surface area (Å²) in [5.74, 6) is 0. The van der Waals surface area contributed by atoms with Gasteiger partial charge in [0.1, 0.15) is 11.6 Å². The molecule has 0 amide bonds. The summed E-state index contributed by atoms with van der Waals surface area (Å²) < 4.78 is 0. The van der Waals surface area contributed by atoms with Crippen molar-refractivity contribution in [3.05, 3.63) is 54.1 Å². The maximum absolute atomic E-state index is 8.99. The number of nitrogens with zero attached hydrogens (tertiary/aromatic N) is 3. The van der Waals surface area contributed by atoms with Crippen LogP contribution in [0.15, 0.2) is 64.4 Å². The summed E-state index contributed by atoms with van der Waals surface area (Å²) in [6.45, 7) is 1.83. The Morgan fingerprint density at radius 3 is 2.67 bits per heavy atom. The summed E-state index contributed by atoms with van der Waals surface area (Å²) in [6, 6.07) is 11.4. The van der Waals surface area contributed by atoms with Crippen LogP contribution < -0.4 is 5.73 Å². The van der Waals surface area contributed by atoms with Crippen LogP contribution in [0.1, 0.15) is 6.92 Å². The molecule has 0 saturated heterocycles. The second-order valence-corrected chi connectivity index (χ2v) is 4.23. The quantitative estimate of drug-likeness (QED) is 0.635. The fraction of sp³-hybridized carbons (Fsp3) is 0.214. The van der Waals surface area contributed by atoms with Crippen LogP contribution >= 0.6 is 0 Å². The largest absolute Gasteiger partial charge is 0.307 e. The van der Waals surface area contributed by atoms with Gasteiger partial charge in [0.15, 0.2) is 0 Å². The third-order valence-corrected chi connectivity index (χ3v) is 2.88. The lowest BCUT2D eigenvalue weighted by Gasteiger charge is -2.23. The van der Waals surface area contributed by atoms with Gasteiger partial charge in [-0.3, -0.25) is 0 Å². The van der Waals surface area contributed by atoms with Crippen LogP contribution in [0.25, 0.3) is 0 Å². The molecule has 1 aromatic rings. The minimum absolute atomic E-state index is 0.157. The van der Waals surface area contributed by atoms with Crippen molar-refractivity contribution in [3.8, 4) is 6.07 Å². The number of azo groups is 1. The Bertz CT molecular complexity index is 551. The van der Waals surface area contributed by atoms with E-state index in [1.165, 1.54) is 0 Å². The third-order valence-electron chi connectivity index (χ3n) is 2.88. The topological polar surface area (TPSA) is 74.5 Å². The van der Waals surface area contributed by atoms with Gasteiger partial charge in [0.05, 0.1) is 11.8 Å². The van der Waals surface area contributed by atoms with Crippen molar-refractivity contribution >= 4 is 5.69 Å². The van der Waals surface area contributed by atoms with E-state index in [0.717, 1.165) is 11.3 Å². The van der Waals surface area contributed by atoms with Crippen molar-refractivity contribution in [3.63, 3.8) is 0 Å². The van der Waals surface area contributed by atoms with Gasteiger partial charge >= 0.3 is 0 Å². The van der Waals surface area contributed by atoms with Gasteiger partial charge in [0.25, 0.3) is 0 Å². The normalized spacial score (nSPS) is 26.9. The van der Waals surface area contributed by atoms with Gasteiger partial charge in [-0.2, -0.15) is 15.5 Å². The molecule has 0 saturated carbocycles. The molecule has 0 fully saturated rings. The molecule has 1 aromatic carbocycles. The summed E-state index contributed by atoms with van der Waals surface area (Å²) in [7, 11) is 0. The Balaban J connectivity index is 2.13. The maximum Gasteiger partial charge on any atom is 0.144 e. The van der Waals surface area contributed by atoms with Gasteiger partial charge in [0.2, 0.25) is 0 Å². The predicted molar refractivity (Wildman–Crippen MR) is 70.2 cm³/mol. The number of hydrogen-bond donors (Lipinski definition) is 1. The lowest BCUT2D eigenvalue weighted by molar-refractivity contribution is 0.737. The Morgan fingerprint density at radius 2 is 2.06 bits per heavy atom. The first kappa shape index (κ1) is 12.2. The maximum atomic E-state index is 8.99. The highest BCUT2D eigenvalue weighted by Gasteiger charge is 2.27. The standard InChI is InChI=1S/C14H14N4/c1-11-9-13(7-8-14(11,16)10-15)18-17-12-5-3-2-4-6-12/h2-9,13H,16H2,1H3/b18-17+. The van der Waals surface area contributed by atoms with Crippen LogP contribution in [-0.4, -0.2) is 11.6 Å². The van der Waals surface area contributed by atoms with Crippen LogP contribution in [0.3, 0.4) is 0 Å². The van der Waals surface area contributed by atoms with Gasteiger partial charge < -0.3 is 5.73 Å². The SMILES string of the molecule is CC1=CC(/N=N/c2ccccc2)C=CC1(N)C#N. The number of nitriles is 1.